The van der Waals surface area contributed by atoms with Crippen molar-refractivity contribution in [3.05, 3.63) is 41.3 Å². The second kappa shape index (κ2) is 4.53. The highest BCUT2D eigenvalue weighted by atomic mass is 32.2. The first-order valence-corrected chi connectivity index (χ1v) is 7.29. The first kappa shape index (κ1) is 12.5. The normalized spacial score (nSPS) is 21.2. The van der Waals surface area contributed by atoms with Crippen LogP contribution in [0.1, 0.15) is 32.8 Å². The minimum atomic E-state index is -0.0787. The number of aliphatic imine (C=N–C) groups is 1. The van der Waals surface area contributed by atoms with Crippen molar-refractivity contribution in [2.75, 3.05) is 0 Å². The van der Waals surface area contributed by atoms with Gasteiger partial charge in [0.1, 0.15) is 0 Å². The fraction of sp³-hybridized carbons (Fsp3) is 0.333. The predicted octanol–water partition coefficient (Wildman–Crippen LogP) is 3.95. The molecule has 0 saturated heterocycles. The van der Waals surface area contributed by atoms with E-state index < -0.39 is 0 Å². The smallest absolute Gasteiger partial charge is 0.189 e. The van der Waals surface area contributed by atoms with E-state index in [0.717, 1.165) is 23.0 Å². The molecule has 0 fully saturated rings. The monoisotopic (exact) mass is 271 g/mol. The summed E-state index contributed by atoms with van der Waals surface area (Å²) in [6, 6.07) is 10.3. The highest BCUT2D eigenvalue weighted by Crippen LogP contribution is 2.36. The average Bonchev–Trinajstić information content (AvgIpc) is 2.66. The van der Waals surface area contributed by atoms with E-state index >= 15 is 0 Å². The van der Waals surface area contributed by atoms with Gasteiger partial charge in [-0.15, -0.1) is 0 Å². The molecule has 98 valence electrons. The molecule has 0 unspecified atom stereocenters. The number of hydrogen-bond donors (Lipinski definition) is 0. The lowest BCUT2D eigenvalue weighted by atomic mass is 9.99. The number of hydrogen-bond acceptors (Lipinski definition) is 4. The molecule has 2 heterocycles. The van der Waals surface area contributed by atoms with Crippen LogP contribution in [0.15, 0.2) is 45.8 Å². The first-order chi connectivity index (χ1) is 9.05. The Labute approximate surface area is 118 Å². The van der Waals surface area contributed by atoms with Gasteiger partial charge in [-0.05, 0) is 20.8 Å². The Bertz CT molecular complexity index is 585. The van der Waals surface area contributed by atoms with Crippen LogP contribution in [0.4, 0.5) is 0 Å². The Morgan fingerprint density at radius 1 is 1.21 bits per heavy atom. The molecular weight excluding hydrogens is 254 g/mol. The summed E-state index contributed by atoms with van der Waals surface area (Å²) in [6.45, 7) is 6.39. The van der Waals surface area contributed by atoms with Crippen molar-refractivity contribution >= 4 is 28.3 Å². The van der Waals surface area contributed by atoms with Gasteiger partial charge < -0.3 is 0 Å². The number of benzene rings is 1. The molecule has 3 nitrogen and oxygen atoms in total. The Morgan fingerprint density at radius 2 is 1.95 bits per heavy atom. The summed E-state index contributed by atoms with van der Waals surface area (Å²) in [4.78, 5) is 4.83. The fourth-order valence-electron chi connectivity index (χ4n) is 2.41. The molecule has 1 aromatic rings. The molecule has 0 N–H and O–H groups in total. The predicted molar refractivity (Wildman–Crippen MR) is 83.1 cm³/mol. The molecule has 3 rings (SSSR count). The molecular formula is C15H17N3S. The summed E-state index contributed by atoms with van der Waals surface area (Å²) >= 11 is 1.65. The molecule has 1 aromatic carbocycles. The van der Waals surface area contributed by atoms with Gasteiger partial charge in [0.05, 0.1) is 11.2 Å². The van der Waals surface area contributed by atoms with Crippen LogP contribution in [0.2, 0.25) is 0 Å². The largest absolute Gasteiger partial charge is 0.254 e. The van der Waals surface area contributed by atoms with E-state index in [1.165, 1.54) is 5.56 Å². The van der Waals surface area contributed by atoms with Gasteiger partial charge in [-0.3, -0.25) is 4.99 Å². The van der Waals surface area contributed by atoms with Crippen molar-refractivity contribution in [3.63, 3.8) is 0 Å². The Hall–Kier alpha value is -1.55. The minimum absolute atomic E-state index is 0.0787. The summed E-state index contributed by atoms with van der Waals surface area (Å²) in [5.74, 6) is 0. The fourth-order valence-corrected chi connectivity index (χ4v) is 3.40. The highest BCUT2D eigenvalue weighted by molar-refractivity contribution is 8.16. The molecule has 0 bridgehead atoms. The topological polar surface area (TPSA) is 28.0 Å². The number of hydrazone groups is 1. The molecule has 4 heteroatoms. The van der Waals surface area contributed by atoms with E-state index in [9.17, 15) is 0 Å². The molecule has 2 aliphatic heterocycles. The third kappa shape index (κ3) is 2.45. The molecule has 0 atom stereocenters. The highest BCUT2D eigenvalue weighted by Gasteiger charge is 2.30. The van der Waals surface area contributed by atoms with E-state index in [0.29, 0.717) is 0 Å². The maximum absolute atomic E-state index is 4.83. The maximum Gasteiger partial charge on any atom is 0.189 e. The van der Waals surface area contributed by atoms with E-state index in [1.54, 1.807) is 11.8 Å². The third-order valence-electron chi connectivity index (χ3n) is 3.11. The lowest BCUT2D eigenvalue weighted by molar-refractivity contribution is 0.546. The summed E-state index contributed by atoms with van der Waals surface area (Å²) in [7, 11) is 0. The summed E-state index contributed by atoms with van der Waals surface area (Å²) < 4.78 is 0. The molecule has 19 heavy (non-hydrogen) atoms. The van der Waals surface area contributed by atoms with Gasteiger partial charge in [0.25, 0.3) is 0 Å². The molecule has 0 aromatic heterocycles. The zero-order valence-electron chi connectivity index (χ0n) is 11.4. The number of amidine groups is 1. The van der Waals surface area contributed by atoms with Crippen LogP contribution < -0.4 is 0 Å². The van der Waals surface area contributed by atoms with Crippen LogP contribution in [-0.2, 0) is 0 Å². The van der Waals surface area contributed by atoms with Gasteiger partial charge in [0.2, 0.25) is 0 Å². The SMILES string of the molecule is CC1=NN2C(c3ccccc3)=CSC2=NC(C)(C)C1. The van der Waals surface area contributed by atoms with Crippen molar-refractivity contribution in [2.45, 2.75) is 32.7 Å². The number of nitrogens with zero attached hydrogens (tertiary/aromatic N) is 3. The van der Waals surface area contributed by atoms with Crippen molar-refractivity contribution < 1.29 is 0 Å². The van der Waals surface area contributed by atoms with Crippen LogP contribution in [-0.4, -0.2) is 21.4 Å². The molecule has 0 amide bonds. The van der Waals surface area contributed by atoms with Gasteiger partial charge in [0, 0.05) is 23.1 Å². The van der Waals surface area contributed by atoms with Gasteiger partial charge in [0.15, 0.2) is 5.17 Å². The minimum Gasteiger partial charge on any atom is -0.254 e. The van der Waals surface area contributed by atoms with Crippen LogP contribution in [0.3, 0.4) is 0 Å². The van der Waals surface area contributed by atoms with Crippen LogP contribution >= 0.6 is 11.8 Å². The van der Waals surface area contributed by atoms with Crippen LogP contribution in [0.25, 0.3) is 5.70 Å². The van der Waals surface area contributed by atoms with Crippen molar-refractivity contribution in [2.24, 2.45) is 10.1 Å². The zero-order valence-corrected chi connectivity index (χ0v) is 12.2. The molecule has 0 radical (unpaired) electrons. The van der Waals surface area contributed by atoms with Gasteiger partial charge in [-0.1, -0.05) is 42.1 Å². The lowest BCUT2D eigenvalue weighted by Gasteiger charge is -2.18. The zero-order chi connectivity index (χ0) is 13.5. The van der Waals surface area contributed by atoms with Crippen molar-refractivity contribution in [3.8, 4) is 0 Å². The standard InChI is InChI=1S/C15H17N3S/c1-11-9-15(2,3)16-14-18(17-11)13(10-19-14)12-7-5-4-6-8-12/h4-8,10H,9H2,1-3H3. The van der Waals surface area contributed by atoms with Gasteiger partial charge >= 0.3 is 0 Å². The lowest BCUT2D eigenvalue weighted by Crippen LogP contribution is -2.21. The van der Waals surface area contributed by atoms with E-state index in [2.05, 4.69) is 38.3 Å². The average molecular weight is 271 g/mol. The van der Waals surface area contributed by atoms with E-state index in [4.69, 9.17) is 10.1 Å². The maximum atomic E-state index is 4.83. The first-order valence-electron chi connectivity index (χ1n) is 6.41. The summed E-state index contributed by atoms with van der Waals surface area (Å²) in [5.41, 5.74) is 3.33. The Morgan fingerprint density at radius 3 is 2.68 bits per heavy atom. The van der Waals surface area contributed by atoms with Crippen molar-refractivity contribution in [1.82, 2.24) is 5.01 Å². The second-order valence-corrected chi connectivity index (χ2v) is 6.35. The third-order valence-corrected chi connectivity index (χ3v) is 3.93. The van der Waals surface area contributed by atoms with Crippen molar-refractivity contribution in [1.29, 1.82) is 0 Å². The molecule has 0 aliphatic carbocycles. The van der Waals surface area contributed by atoms with Gasteiger partial charge in [-0.2, -0.15) is 5.10 Å². The summed E-state index contributed by atoms with van der Waals surface area (Å²) in [5, 5.41) is 9.80. The molecule has 0 spiro atoms. The van der Waals surface area contributed by atoms with Crippen LogP contribution in [0.5, 0.6) is 0 Å². The Balaban J connectivity index is 2.02. The second-order valence-electron chi connectivity index (χ2n) is 5.52. The van der Waals surface area contributed by atoms with E-state index in [1.807, 2.05) is 23.2 Å². The summed E-state index contributed by atoms with van der Waals surface area (Å²) in [6.07, 6.45) is 0.898. The molecule has 0 saturated carbocycles. The number of fused-ring (bicyclic) bond motifs is 1. The Kier molecular flexibility index (Phi) is 2.97. The van der Waals surface area contributed by atoms with Gasteiger partial charge in [-0.25, -0.2) is 5.01 Å². The van der Waals surface area contributed by atoms with E-state index in [-0.39, 0.29) is 5.54 Å². The number of thioether (sulfide) groups is 1. The number of rotatable bonds is 1. The molecule has 2 aliphatic rings. The quantitative estimate of drug-likeness (QED) is 0.773. The van der Waals surface area contributed by atoms with Crippen LogP contribution in [0, 0.1) is 0 Å².